The molecule has 0 radical (unpaired) electrons. The van der Waals surface area contributed by atoms with Crippen LogP contribution in [0.3, 0.4) is 0 Å². The Kier molecular flexibility index (Phi) is 5.91. The van der Waals surface area contributed by atoms with Crippen LogP contribution in [0.2, 0.25) is 5.02 Å². The standard InChI is InChI=1S/C16H17Cl4N5/c1-24-6-3-7-25(9-8-24)15-22-13(11-4-2-5-12(17)10-11)21-14(23-15)16(18,19)20/h2,4-5,10H,3,6-9H2,1H3. The topological polar surface area (TPSA) is 45.2 Å². The molecule has 1 aromatic heterocycles. The van der Waals surface area contributed by atoms with Crippen molar-refractivity contribution in [2.75, 3.05) is 38.1 Å². The van der Waals surface area contributed by atoms with Gasteiger partial charge in [-0.05, 0) is 32.1 Å². The molecule has 9 heteroatoms. The van der Waals surface area contributed by atoms with Gasteiger partial charge in [-0.2, -0.15) is 9.97 Å². The smallest absolute Gasteiger partial charge is 0.250 e. The minimum atomic E-state index is -1.73. The number of anilines is 1. The monoisotopic (exact) mass is 419 g/mol. The highest BCUT2D eigenvalue weighted by atomic mass is 35.6. The first kappa shape index (κ1) is 18.9. The third-order valence-corrected chi connectivity index (χ3v) is 4.70. The second-order valence-electron chi connectivity index (χ2n) is 5.93. The van der Waals surface area contributed by atoms with Crippen molar-refractivity contribution in [3.8, 4) is 11.4 Å². The molecule has 2 heterocycles. The van der Waals surface area contributed by atoms with E-state index < -0.39 is 3.79 Å². The third kappa shape index (κ3) is 4.86. The summed E-state index contributed by atoms with van der Waals surface area (Å²) in [5.41, 5.74) is 0.749. The van der Waals surface area contributed by atoms with Gasteiger partial charge >= 0.3 is 0 Å². The number of rotatable bonds is 2. The molecule has 0 bridgehead atoms. The fourth-order valence-corrected chi connectivity index (χ4v) is 3.08. The average Bonchev–Trinajstić information content (AvgIpc) is 2.78. The maximum absolute atomic E-state index is 6.09. The van der Waals surface area contributed by atoms with Crippen LogP contribution in [0.1, 0.15) is 12.2 Å². The summed E-state index contributed by atoms with van der Waals surface area (Å²) in [6.45, 7) is 3.58. The lowest BCUT2D eigenvalue weighted by Crippen LogP contribution is -2.31. The fraction of sp³-hybridized carbons (Fsp3) is 0.438. The van der Waals surface area contributed by atoms with Gasteiger partial charge in [0.05, 0.1) is 0 Å². The molecule has 1 aliphatic rings. The van der Waals surface area contributed by atoms with E-state index in [4.69, 9.17) is 46.4 Å². The van der Waals surface area contributed by atoms with Gasteiger partial charge in [0.2, 0.25) is 9.74 Å². The van der Waals surface area contributed by atoms with E-state index in [1.807, 2.05) is 12.1 Å². The maximum Gasteiger partial charge on any atom is 0.250 e. The van der Waals surface area contributed by atoms with Crippen LogP contribution in [-0.2, 0) is 3.79 Å². The molecule has 0 N–H and O–H groups in total. The average molecular weight is 421 g/mol. The van der Waals surface area contributed by atoms with Crippen molar-refractivity contribution in [1.82, 2.24) is 19.9 Å². The van der Waals surface area contributed by atoms with E-state index >= 15 is 0 Å². The number of hydrogen-bond donors (Lipinski definition) is 0. The Balaban J connectivity index is 2.04. The van der Waals surface area contributed by atoms with Crippen LogP contribution < -0.4 is 4.90 Å². The molecule has 0 unspecified atom stereocenters. The number of alkyl halides is 3. The molecule has 0 aliphatic carbocycles. The SMILES string of the molecule is CN1CCCN(c2nc(-c3cccc(Cl)c3)nc(C(Cl)(Cl)Cl)n2)CC1. The summed E-state index contributed by atoms with van der Waals surface area (Å²) in [6, 6.07) is 7.26. The predicted octanol–water partition coefficient (Wildman–Crippen LogP) is 4.16. The molecule has 1 fully saturated rings. The molecule has 25 heavy (non-hydrogen) atoms. The number of halogens is 4. The van der Waals surface area contributed by atoms with E-state index in [9.17, 15) is 0 Å². The van der Waals surface area contributed by atoms with E-state index in [0.29, 0.717) is 16.8 Å². The highest BCUT2D eigenvalue weighted by Crippen LogP contribution is 2.37. The Hall–Kier alpha value is -0.850. The molecule has 1 aliphatic heterocycles. The van der Waals surface area contributed by atoms with Crippen molar-refractivity contribution >= 4 is 52.4 Å². The molecular weight excluding hydrogens is 404 g/mol. The summed E-state index contributed by atoms with van der Waals surface area (Å²) in [4.78, 5) is 17.7. The summed E-state index contributed by atoms with van der Waals surface area (Å²) in [7, 11) is 2.10. The van der Waals surface area contributed by atoms with Gasteiger partial charge in [0.15, 0.2) is 11.6 Å². The lowest BCUT2D eigenvalue weighted by atomic mass is 10.2. The number of likely N-dealkylation sites (N-methyl/N-ethyl adjacent to an activating group) is 1. The summed E-state index contributed by atoms with van der Waals surface area (Å²) in [5.74, 6) is 1.06. The zero-order valence-electron chi connectivity index (χ0n) is 13.6. The fourth-order valence-electron chi connectivity index (χ4n) is 2.64. The second kappa shape index (κ2) is 7.80. The molecule has 0 atom stereocenters. The summed E-state index contributed by atoms with van der Waals surface area (Å²) >= 11 is 24.2. The molecule has 5 nitrogen and oxygen atoms in total. The Morgan fingerprint density at radius 1 is 1.00 bits per heavy atom. The van der Waals surface area contributed by atoms with Gasteiger partial charge in [-0.3, -0.25) is 0 Å². The highest BCUT2D eigenvalue weighted by Gasteiger charge is 2.29. The van der Waals surface area contributed by atoms with Gasteiger partial charge in [-0.1, -0.05) is 58.5 Å². The normalized spacial score (nSPS) is 16.8. The van der Waals surface area contributed by atoms with Crippen molar-refractivity contribution in [3.05, 3.63) is 35.1 Å². The largest absolute Gasteiger partial charge is 0.339 e. The van der Waals surface area contributed by atoms with Crippen molar-refractivity contribution < 1.29 is 0 Å². The number of aromatic nitrogens is 3. The summed E-state index contributed by atoms with van der Waals surface area (Å²) < 4.78 is -1.73. The number of hydrogen-bond acceptors (Lipinski definition) is 5. The molecule has 1 aromatic carbocycles. The lowest BCUT2D eigenvalue weighted by molar-refractivity contribution is 0.360. The van der Waals surface area contributed by atoms with Crippen LogP contribution in [-0.4, -0.2) is 53.1 Å². The van der Waals surface area contributed by atoms with Gasteiger partial charge in [-0.15, -0.1) is 0 Å². The molecule has 1 saturated heterocycles. The van der Waals surface area contributed by atoms with Crippen LogP contribution in [0.15, 0.2) is 24.3 Å². The van der Waals surface area contributed by atoms with Crippen LogP contribution >= 0.6 is 46.4 Å². The van der Waals surface area contributed by atoms with E-state index in [1.54, 1.807) is 12.1 Å². The molecule has 2 aromatic rings. The van der Waals surface area contributed by atoms with Gasteiger partial charge in [-0.25, -0.2) is 4.98 Å². The Labute approximate surface area is 166 Å². The number of nitrogens with zero attached hydrogens (tertiary/aromatic N) is 5. The minimum Gasteiger partial charge on any atom is -0.339 e. The molecule has 0 spiro atoms. The van der Waals surface area contributed by atoms with Gasteiger partial charge in [0.1, 0.15) is 0 Å². The predicted molar refractivity (Wildman–Crippen MR) is 104 cm³/mol. The van der Waals surface area contributed by atoms with E-state index in [1.165, 1.54) is 0 Å². The van der Waals surface area contributed by atoms with Crippen molar-refractivity contribution in [2.45, 2.75) is 10.2 Å². The quantitative estimate of drug-likeness (QED) is 0.682. The number of benzene rings is 1. The Bertz CT molecular complexity index is 750. The first-order valence-corrected chi connectivity index (χ1v) is 9.37. The van der Waals surface area contributed by atoms with E-state index in [2.05, 4.69) is 31.8 Å². The van der Waals surface area contributed by atoms with Gasteiger partial charge in [0.25, 0.3) is 0 Å². The second-order valence-corrected chi connectivity index (χ2v) is 8.65. The van der Waals surface area contributed by atoms with Crippen molar-refractivity contribution in [3.63, 3.8) is 0 Å². The summed E-state index contributed by atoms with van der Waals surface area (Å²) in [5, 5.41) is 0.589. The van der Waals surface area contributed by atoms with Crippen molar-refractivity contribution in [2.24, 2.45) is 0 Å². The molecule has 3 rings (SSSR count). The Morgan fingerprint density at radius 3 is 2.52 bits per heavy atom. The van der Waals surface area contributed by atoms with Crippen molar-refractivity contribution in [1.29, 1.82) is 0 Å². The highest BCUT2D eigenvalue weighted by molar-refractivity contribution is 6.66. The maximum atomic E-state index is 6.09. The first-order chi connectivity index (χ1) is 11.8. The van der Waals surface area contributed by atoms with E-state index in [-0.39, 0.29) is 5.82 Å². The van der Waals surface area contributed by atoms with Crippen LogP contribution in [0.25, 0.3) is 11.4 Å². The van der Waals surface area contributed by atoms with Crippen LogP contribution in [0, 0.1) is 0 Å². The first-order valence-electron chi connectivity index (χ1n) is 7.85. The molecule has 134 valence electrons. The molecular formula is C16H17Cl4N5. The van der Waals surface area contributed by atoms with Crippen LogP contribution in [0.5, 0.6) is 0 Å². The summed E-state index contributed by atoms with van der Waals surface area (Å²) in [6.07, 6.45) is 1.01. The molecule has 0 saturated carbocycles. The lowest BCUT2D eigenvalue weighted by Gasteiger charge is -2.22. The minimum absolute atomic E-state index is 0.107. The van der Waals surface area contributed by atoms with Gasteiger partial charge < -0.3 is 9.80 Å². The zero-order valence-corrected chi connectivity index (χ0v) is 16.6. The Morgan fingerprint density at radius 2 is 1.80 bits per heavy atom. The third-order valence-electron chi connectivity index (χ3n) is 3.96. The van der Waals surface area contributed by atoms with Crippen LogP contribution in [0.4, 0.5) is 5.95 Å². The van der Waals surface area contributed by atoms with Gasteiger partial charge in [0, 0.05) is 30.2 Å². The zero-order chi connectivity index (χ0) is 18.0. The molecule has 0 amide bonds. The van der Waals surface area contributed by atoms with E-state index in [0.717, 1.165) is 38.2 Å².